The molecule has 0 radical (unpaired) electrons. The Labute approximate surface area is 117 Å². The highest BCUT2D eigenvalue weighted by Crippen LogP contribution is 2.07. The first kappa shape index (κ1) is 18.4. The molecule has 5 nitrogen and oxygen atoms in total. The molecule has 0 rings (SSSR count). The van der Waals surface area contributed by atoms with Crippen LogP contribution in [-0.4, -0.2) is 49.5 Å². The van der Waals surface area contributed by atoms with E-state index in [1.807, 2.05) is 13.8 Å². The number of amides is 1. The number of aliphatic hydroxyl groups excluding tert-OH is 1. The van der Waals surface area contributed by atoms with Crippen molar-refractivity contribution in [3.63, 3.8) is 0 Å². The summed E-state index contributed by atoms with van der Waals surface area (Å²) in [7, 11) is 0. The lowest BCUT2D eigenvalue weighted by atomic mass is 10.1. The largest absolute Gasteiger partial charge is 0.389 e. The second-order valence-corrected chi connectivity index (χ2v) is 5.41. The zero-order valence-corrected chi connectivity index (χ0v) is 12.7. The maximum Gasteiger partial charge on any atom is 0.233 e. The molecule has 2 atom stereocenters. The zero-order valence-electron chi connectivity index (χ0n) is 12.7. The molecule has 1 amide bonds. The lowest BCUT2D eigenvalue weighted by molar-refractivity contribution is -0.120. The number of carbonyl (C=O) groups excluding carboxylic acids is 1. The number of aliphatic hydroxyl groups is 1. The van der Waals surface area contributed by atoms with Crippen LogP contribution in [0, 0.1) is 5.92 Å². The maximum atomic E-state index is 11.3. The third-order valence-corrected chi connectivity index (χ3v) is 2.61. The van der Waals surface area contributed by atoms with E-state index in [1.54, 1.807) is 0 Å². The molecule has 0 aliphatic heterocycles. The normalized spacial score (nSPS) is 14.4. The maximum absolute atomic E-state index is 11.3. The second-order valence-electron chi connectivity index (χ2n) is 5.41. The molecule has 0 aromatic heterocycles. The van der Waals surface area contributed by atoms with Gasteiger partial charge in [-0.05, 0) is 25.7 Å². The van der Waals surface area contributed by atoms with Gasteiger partial charge in [0.1, 0.15) is 0 Å². The van der Waals surface area contributed by atoms with Crippen molar-refractivity contribution in [2.45, 2.75) is 52.7 Å². The van der Waals surface area contributed by atoms with Crippen molar-refractivity contribution < 1.29 is 14.6 Å². The number of carbonyl (C=O) groups is 1. The Balaban J connectivity index is 3.53. The molecule has 0 aliphatic rings. The lowest BCUT2D eigenvalue weighted by Crippen LogP contribution is -2.39. The molecule has 0 saturated carbocycles. The first-order chi connectivity index (χ1) is 8.95. The molecular weight excluding hydrogens is 244 g/mol. The van der Waals surface area contributed by atoms with Gasteiger partial charge in [0, 0.05) is 13.1 Å². The van der Waals surface area contributed by atoms with Gasteiger partial charge in [0.2, 0.25) is 5.91 Å². The Hall–Kier alpha value is -0.650. The topological polar surface area (TPSA) is 70.6 Å². The molecule has 0 heterocycles. The summed E-state index contributed by atoms with van der Waals surface area (Å²) in [6.45, 7) is 9.91. The molecule has 5 heteroatoms. The molecule has 0 aliphatic carbocycles. The quantitative estimate of drug-likeness (QED) is 0.524. The Morgan fingerprint density at radius 3 is 2.58 bits per heavy atom. The molecule has 114 valence electrons. The van der Waals surface area contributed by atoms with Gasteiger partial charge < -0.3 is 20.5 Å². The smallest absolute Gasteiger partial charge is 0.233 e. The highest BCUT2D eigenvalue weighted by molar-refractivity contribution is 5.77. The van der Waals surface area contributed by atoms with Crippen molar-refractivity contribution in [2.24, 2.45) is 5.92 Å². The van der Waals surface area contributed by atoms with Crippen LogP contribution in [0.25, 0.3) is 0 Å². The van der Waals surface area contributed by atoms with Crippen LogP contribution < -0.4 is 10.6 Å². The van der Waals surface area contributed by atoms with E-state index in [-0.39, 0.29) is 18.6 Å². The van der Waals surface area contributed by atoms with E-state index in [0.29, 0.717) is 25.6 Å². The summed E-state index contributed by atoms with van der Waals surface area (Å²) in [6.07, 6.45) is 1.49. The van der Waals surface area contributed by atoms with E-state index in [4.69, 9.17) is 4.74 Å². The molecule has 2 unspecified atom stereocenters. The van der Waals surface area contributed by atoms with Crippen LogP contribution in [0.1, 0.15) is 40.5 Å². The summed E-state index contributed by atoms with van der Waals surface area (Å²) >= 11 is 0. The van der Waals surface area contributed by atoms with Gasteiger partial charge in [-0.15, -0.1) is 0 Å². The van der Waals surface area contributed by atoms with Gasteiger partial charge in [0.25, 0.3) is 0 Å². The SMILES string of the molecule is CCCNC(=O)CNCC(O)COC(C)CC(C)C. The van der Waals surface area contributed by atoms with Crippen molar-refractivity contribution >= 4 is 5.91 Å². The van der Waals surface area contributed by atoms with E-state index >= 15 is 0 Å². The van der Waals surface area contributed by atoms with Gasteiger partial charge in [-0.1, -0.05) is 20.8 Å². The van der Waals surface area contributed by atoms with E-state index in [0.717, 1.165) is 12.8 Å². The Morgan fingerprint density at radius 1 is 1.32 bits per heavy atom. The summed E-state index contributed by atoms with van der Waals surface area (Å²) in [4.78, 5) is 11.3. The van der Waals surface area contributed by atoms with E-state index in [9.17, 15) is 9.90 Å². The summed E-state index contributed by atoms with van der Waals surface area (Å²) in [5, 5.41) is 15.4. The van der Waals surface area contributed by atoms with Crippen molar-refractivity contribution in [2.75, 3.05) is 26.2 Å². The van der Waals surface area contributed by atoms with Gasteiger partial charge in [-0.25, -0.2) is 0 Å². The van der Waals surface area contributed by atoms with E-state index < -0.39 is 6.10 Å². The minimum atomic E-state index is -0.575. The first-order valence-electron chi connectivity index (χ1n) is 7.22. The van der Waals surface area contributed by atoms with Crippen LogP contribution in [0.5, 0.6) is 0 Å². The van der Waals surface area contributed by atoms with Gasteiger partial charge in [-0.3, -0.25) is 4.79 Å². The first-order valence-corrected chi connectivity index (χ1v) is 7.22. The van der Waals surface area contributed by atoms with Gasteiger partial charge in [0.05, 0.1) is 25.4 Å². The third kappa shape index (κ3) is 12.1. The summed E-state index contributed by atoms with van der Waals surface area (Å²) in [5.41, 5.74) is 0. The molecule has 0 saturated heterocycles. The molecule has 0 spiro atoms. The predicted octanol–water partition coefficient (Wildman–Crippen LogP) is 0.914. The third-order valence-electron chi connectivity index (χ3n) is 2.61. The van der Waals surface area contributed by atoms with Crippen LogP contribution in [0.2, 0.25) is 0 Å². The van der Waals surface area contributed by atoms with Crippen LogP contribution in [-0.2, 0) is 9.53 Å². The summed E-state index contributed by atoms with van der Waals surface area (Å²) in [5.74, 6) is 0.552. The van der Waals surface area contributed by atoms with Crippen LogP contribution in [0.3, 0.4) is 0 Å². The average Bonchev–Trinajstić information content (AvgIpc) is 2.33. The highest BCUT2D eigenvalue weighted by atomic mass is 16.5. The number of hydrogen-bond donors (Lipinski definition) is 3. The Morgan fingerprint density at radius 2 is 2.00 bits per heavy atom. The standard InChI is InChI=1S/C14H30N2O3/c1-5-6-16-14(18)9-15-8-13(17)10-19-12(4)7-11(2)3/h11-13,15,17H,5-10H2,1-4H3,(H,16,18). The van der Waals surface area contributed by atoms with Gasteiger partial charge >= 0.3 is 0 Å². The summed E-state index contributed by atoms with van der Waals surface area (Å²) in [6, 6.07) is 0. The molecule has 19 heavy (non-hydrogen) atoms. The lowest BCUT2D eigenvalue weighted by Gasteiger charge is -2.18. The van der Waals surface area contributed by atoms with Gasteiger partial charge in [0.15, 0.2) is 0 Å². The molecule has 0 aromatic carbocycles. The fourth-order valence-corrected chi connectivity index (χ4v) is 1.75. The molecule has 0 fully saturated rings. The monoisotopic (exact) mass is 274 g/mol. The molecular formula is C14H30N2O3. The van der Waals surface area contributed by atoms with E-state index in [2.05, 4.69) is 24.5 Å². The van der Waals surface area contributed by atoms with Crippen molar-refractivity contribution in [3.05, 3.63) is 0 Å². The Kier molecular flexibility index (Phi) is 10.8. The van der Waals surface area contributed by atoms with Crippen molar-refractivity contribution in [3.8, 4) is 0 Å². The molecule has 3 N–H and O–H groups in total. The minimum absolute atomic E-state index is 0.0388. The average molecular weight is 274 g/mol. The number of nitrogens with one attached hydrogen (secondary N) is 2. The number of rotatable bonds is 11. The van der Waals surface area contributed by atoms with E-state index in [1.165, 1.54) is 0 Å². The highest BCUT2D eigenvalue weighted by Gasteiger charge is 2.10. The second kappa shape index (κ2) is 11.2. The zero-order chi connectivity index (χ0) is 14.7. The fraction of sp³-hybridized carbons (Fsp3) is 0.929. The number of hydrogen-bond acceptors (Lipinski definition) is 4. The summed E-state index contributed by atoms with van der Waals surface area (Å²) < 4.78 is 5.55. The van der Waals surface area contributed by atoms with Crippen LogP contribution >= 0.6 is 0 Å². The Bertz CT molecular complexity index is 235. The minimum Gasteiger partial charge on any atom is -0.389 e. The van der Waals surface area contributed by atoms with Crippen molar-refractivity contribution in [1.29, 1.82) is 0 Å². The fourth-order valence-electron chi connectivity index (χ4n) is 1.75. The van der Waals surface area contributed by atoms with Gasteiger partial charge in [-0.2, -0.15) is 0 Å². The van der Waals surface area contributed by atoms with Crippen LogP contribution in [0.4, 0.5) is 0 Å². The molecule has 0 aromatic rings. The predicted molar refractivity (Wildman–Crippen MR) is 77.0 cm³/mol. The number of ether oxygens (including phenoxy) is 1. The van der Waals surface area contributed by atoms with Crippen molar-refractivity contribution in [1.82, 2.24) is 10.6 Å². The molecule has 0 bridgehead atoms. The van der Waals surface area contributed by atoms with Crippen LogP contribution in [0.15, 0.2) is 0 Å².